The minimum Gasteiger partial charge on any atom is -0.569 e. The molecule has 1 aliphatic rings. The third-order valence-electron chi connectivity index (χ3n) is 4.52. The number of aromatic nitrogens is 3. The first-order valence-electron chi connectivity index (χ1n) is 8.62. The van der Waals surface area contributed by atoms with E-state index in [-0.39, 0.29) is 11.6 Å². The van der Waals surface area contributed by atoms with Crippen molar-refractivity contribution in [3.8, 4) is 5.69 Å². The van der Waals surface area contributed by atoms with Crippen LogP contribution in [0.25, 0.3) is 5.69 Å². The number of benzene rings is 1. The van der Waals surface area contributed by atoms with Gasteiger partial charge in [0.1, 0.15) is 12.7 Å². The number of hydrazine groups is 1. The highest BCUT2D eigenvalue weighted by Crippen LogP contribution is 2.24. The maximum atomic E-state index is 12.0. The van der Waals surface area contributed by atoms with E-state index in [1.807, 2.05) is 39.0 Å². The van der Waals surface area contributed by atoms with Gasteiger partial charge in [0.15, 0.2) is 6.10 Å². The molecule has 1 atom stereocenters. The lowest BCUT2D eigenvalue weighted by atomic mass is 10.1. The molecule has 0 radical (unpaired) electrons. The largest absolute Gasteiger partial charge is 0.569 e. The smallest absolute Gasteiger partial charge is 0.233 e. The minimum atomic E-state index is -0.321. The summed E-state index contributed by atoms with van der Waals surface area (Å²) in [6.45, 7) is 7.33. The molecule has 1 saturated heterocycles. The predicted molar refractivity (Wildman–Crippen MR) is 96.6 cm³/mol. The first-order valence-corrected chi connectivity index (χ1v) is 8.62. The predicted octanol–water partition coefficient (Wildman–Crippen LogP) is 2.39. The average Bonchev–Trinajstić information content (AvgIpc) is 3.30. The molecular weight excluding hydrogens is 334 g/mol. The van der Waals surface area contributed by atoms with Crippen molar-refractivity contribution in [1.82, 2.24) is 19.8 Å². The summed E-state index contributed by atoms with van der Waals surface area (Å²) in [5, 5.41) is 21.4. The molecule has 26 heavy (non-hydrogen) atoms. The van der Waals surface area contributed by atoms with E-state index >= 15 is 0 Å². The Morgan fingerprint density at radius 1 is 1.35 bits per heavy atom. The summed E-state index contributed by atoms with van der Waals surface area (Å²) in [7, 11) is 1.69. The van der Waals surface area contributed by atoms with Crippen molar-refractivity contribution in [3.05, 3.63) is 42.1 Å². The normalized spacial score (nSPS) is 18.2. The Morgan fingerprint density at radius 2 is 2.12 bits per heavy atom. The van der Waals surface area contributed by atoms with Gasteiger partial charge >= 0.3 is 0 Å². The van der Waals surface area contributed by atoms with Crippen LogP contribution in [-0.4, -0.2) is 56.5 Å². The molecule has 1 fully saturated rings. The Labute approximate surface area is 153 Å². The van der Waals surface area contributed by atoms with E-state index < -0.39 is 0 Å². The molecule has 3 rings (SSSR count). The van der Waals surface area contributed by atoms with Gasteiger partial charge in [-0.1, -0.05) is 6.07 Å². The van der Waals surface area contributed by atoms with Crippen LogP contribution < -0.4 is 4.90 Å². The van der Waals surface area contributed by atoms with Crippen molar-refractivity contribution >= 4 is 5.69 Å². The molecule has 9 nitrogen and oxygen atoms in total. The van der Waals surface area contributed by atoms with Gasteiger partial charge in [0.25, 0.3) is 0 Å². The van der Waals surface area contributed by atoms with Crippen molar-refractivity contribution in [2.24, 2.45) is 5.28 Å². The van der Waals surface area contributed by atoms with Gasteiger partial charge in [-0.15, -0.1) is 5.01 Å². The standard InChI is InChI=1S/C17H25N7O2/c1-17(2,3)21(4)24(25)20-26-16-8-9-22(11-16)14-6-5-7-15(10-14)23-13-18-12-19-23/h5-7,10,12-13,16H,8-9,11H2,1-4H3/b24-20-/t16-/m1/s1. The monoisotopic (exact) mass is 359 g/mol. The van der Waals surface area contributed by atoms with Crippen molar-refractivity contribution in [1.29, 1.82) is 0 Å². The highest BCUT2D eigenvalue weighted by molar-refractivity contribution is 5.53. The Hall–Kier alpha value is -2.84. The topological polar surface area (TPSA) is 84.9 Å². The summed E-state index contributed by atoms with van der Waals surface area (Å²) in [5.74, 6) is 0. The molecule has 2 aromatic rings. The Morgan fingerprint density at radius 3 is 2.81 bits per heavy atom. The lowest BCUT2D eigenvalue weighted by Crippen LogP contribution is -2.42. The second kappa shape index (κ2) is 7.19. The summed E-state index contributed by atoms with van der Waals surface area (Å²) in [6.07, 6.45) is 3.87. The van der Waals surface area contributed by atoms with E-state index in [1.54, 1.807) is 18.1 Å². The van der Waals surface area contributed by atoms with Gasteiger partial charge in [-0.05, 0) is 39.0 Å². The SMILES string of the molecule is CN(/[N+]([O-])=N/O[C@@H]1CCN(c2cccc(-n3cncn3)c2)C1)C(C)(C)C. The first-order chi connectivity index (χ1) is 12.3. The van der Waals surface area contributed by atoms with E-state index in [1.165, 1.54) is 11.3 Å². The van der Waals surface area contributed by atoms with Gasteiger partial charge in [0, 0.05) is 18.7 Å². The molecule has 1 aromatic carbocycles. The van der Waals surface area contributed by atoms with Gasteiger partial charge < -0.3 is 14.9 Å². The highest BCUT2D eigenvalue weighted by atomic mass is 16.7. The molecule has 0 aliphatic carbocycles. The summed E-state index contributed by atoms with van der Waals surface area (Å²) in [5.41, 5.74) is 1.71. The molecule has 0 amide bonds. The van der Waals surface area contributed by atoms with Crippen LogP contribution in [0.1, 0.15) is 27.2 Å². The van der Waals surface area contributed by atoms with Crippen LogP contribution in [0.15, 0.2) is 42.2 Å². The second-order valence-corrected chi connectivity index (χ2v) is 7.35. The molecule has 0 spiro atoms. The fourth-order valence-corrected chi connectivity index (χ4v) is 2.64. The van der Waals surface area contributed by atoms with Crippen LogP contribution in [0.4, 0.5) is 5.69 Å². The Bertz CT molecular complexity index is 755. The van der Waals surface area contributed by atoms with Crippen LogP contribution in [0.2, 0.25) is 0 Å². The molecule has 0 N–H and O–H groups in total. The lowest BCUT2D eigenvalue weighted by Gasteiger charge is -2.26. The number of hydrogen-bond acceptors (Lipinski definition) is 6. The molecule has 9 heteroatoms. The van der Waals surface area contributed by atoms with E-state index in [9.17, 15) is 5.21 Å². The van der Waals surface area contributed by atoms with Gasteiger partial charge in [-0.2, -0.15) is 5.10 Å². The lowest BCUT2D eigenvalue weighted by molar-refractivity contribution is -0.720. The summed E-state index contributed by atoms with van der Waals surface area (Å²) in [6, 6.07) is 8.08. The van der Waals surface area contributed by atoms with Crippen LogP contribution in [0.5, 0.6) is 0 Å². The highest BCUT2D eigenvalue weighted by Gasteiger charge is 2.27. The van der Waals surface area contributed by atoms with Crippen molar-refractivity contribution in [2.75, 3.05) is 25.0 Å². The Kier molecular flexibility index (Phi) is 4.97. The first kappa shape index (κ1) is 18.0. The number of hydrogen-bond donors (Lipinski definition) is 0. The number of nitrogens with zero attached hydrogens (tertiary/aromatic N) is 7. The van der Waals surface area contributed by atoms with Gasteiger partial charge in [0.2, 0.25) is 5.28 Å². The maximum absolute atomic E-state index is 12.0. The van der Waals surface area contributed by atoms with Crippen molar-refractivity contribution < 1.29 is 9.81 Å². The number of rotatable bonds is 5. The molecule has 140 valence electrons. The fourth-order valence-electron chi connectivity index (χ4n) is 2.64. The van der Waals surface area contributed by atoms with Gasteiger partial charge in [0.05, 0.1) is 29.8 Å². The zero-order chi connectivity index (χ0) is 18.7. The molecule has 1 aromatic heterocycles. The summed E-state index contributed by atoms with van der Waals surface area (Å²) in [4.78, 5) is 12.2. The quantitative estimate of drug-likeness (QED) is 0.463. The van der Waals surface area contributed by atoms with Gasteiger partial charge in [-0.25, -0.2) is 9.67 Å². The molecule has 0 bridgehead atoms. The second-order valence-electron chi connectivity index (χ2n) is 7.35. The van der Waals surface area contributed by atoms with Crippen LogP contribution in [-0.2, 0) is 4.84 Å². The van der Waals surface area contributed by atoms with Crippen LogP contribution in [0, 0.1) is 5.21 Å². The van der Waals surface area contributed by atoms with Crippen LogP contribution in [0.3, 0.4) is 0 Å². The Balaban J connectivity index is 1.62. The summed E-state index contributed by atoms with van der Waals surface area (Å²) >= 11 is 0. The van der Waals surface area contributed by atoms with E-state index in [4.69, 9.17) is 4.84 Å². The molecule has 0 saturated carbocycles. The molecular formula is C17H25N7O2. The zero-order valence-corrected chi connectivity index (χ0v) is 15.6. The van der Waals surface area contributed by atoms with E-state index in [0.717, 1.165) is 24.3 Å². The molecule has 1 aliphatic heterocycles. The minimum absolute atomic E-state index is 0.116. The molecule has 0 unspecified atom stereocenters. The van der Waals surface area contributed by atoms with E-state index in [0.29, 0.717) is 11.5 Å². The molecule has 2 heterocycles. The van der Waals surface area contributed by atoms with Crippen molar-refractivity contribution in [2.45, 2.75) is 38.8 Å². The van der Waals surface area contributed by atoms with E-state index in [2.05, 4.69) is 26.3 Å². The third kappa shape index (κ3) is 4.04. The summed E-state index contributed by atoms with van der Waals surface area (Å²) < 4.78 is 1.72. The maximum Gasteiger partial charge on any atom is 0.233 e. The fraction of sp³-hybridized carbons (Fsp3) is 0.529. The third-order valence-corrected chi connectivity index (χ3v) is 4.52. The average molecular weight is 359 g/mol. The number of anilines is 1. The van der Waals surface area contributed by atoms with Gasteiger partial charge in [-0.3, -0.25) is 0 Å². The zero-order valence-electron chi connectivity index (χ0n) is 15.6. The van der Waals surface area contributed by atoms with Crippen molar-refractivity contribution in [3.63, 3.8) is 0 Å². The van der Waals surface area contributed by atoms with Crippen LogP contribution >= 0.6 is 0 Å².